The molecule has 0 spiro atoms. The van der Waals surface area contributed by atoms with Crippen LogP contribution in [0.2, 0.25) is 0 Å². The molecule has 0 radical (unpaired) electrons. The standard InChI is InChI=1S/C18H18N6S/c1-2-20-18(25)22-21-12-15-13-24(16-8-4-3-5-9-16)23-17(15)14-7-6-10-19-11-14/h3-13H,2H2,1H3,(H2,20,22,25)/b21-12-. The number of pyridine rings is 1. The van der Waals surface area contributed by atoms with Gasteiger partial charge in [0.05, 0.1) is 11.9 Å². The Morgan fingerprint density at radius 1 is 1.24 bits per heavy atom. The SMILES string of the molecule is CCNC(=S)N/N=C\c1cn(-c2ccccc2)nc1-c1cccnc1. The number of nitrogens with one attached hydrogen (secondary N) is 2. The molecule has 25 heavy (non-hydrogen) atoms. The van der Waals surface area contributed by atoms with E-state index in [-0.39, 0.29) is 0 Å². The van der Waals surface area contributed by atoms with Crippen molar-refractivity contribution in [2.75, 3.05) is 6.54 Å². The maximum Gasteiger partial charge on any atom is 0.186 e. The minimum Gasteiger partial charge on any atom is -0.362 e. The molecule has 0 saturated heterocycles. The van der Waals surface area contributed by atoms with Crippen molar-refractivity contribution in [3.63, 3.8) is 0 Å². The van der Waals surface area contributed by atoms with Crippen LogP contribution in [0.5, 0.6) is 0 Å². The van der Waals surface area contributed by atoms with Crippen LogP contribution in [0.25, 0.3) is 16.9 Å². The molecule has 0 aliphatic heterocycles. The van der Waals surface area contributed by atoms with Crippen molar-refractivity contribution in [2.24, 2.45) is 5.10 Å². The lowest BCUT2D eigenvalue weighted by atomic mass is 10.1. The van der Waals surface area contributed by atoms with E-state index in [1.54, 1.807) is 18.6 Å². The predicted octanol–water partition coefficient (Wildman–Crippen LogP) is 2.75. The molecule has 2 heterocycles. The minimum absolute atomic E-state index is 0.483. The predicted molar refractivity (Wildman–Crippen MR) is 104 cm³/mol. The molecule has 0 amide bonds. The van der Waals surface area contributed by atoms with E-state index >= 15 is 0 Å². The molecule has 0 fully saturated rings. The number of rotatable bonds is 5. The number of nitrogens with zero attached hydrogens (tertiary/aromatic N) is 4. The molecule has 0 aliphatic rings. The number of hydrazone groups is 1. The van der Waals surface area contributed by atoms with Crippen molar-refractivity contribution in [2.45, 2.75) is 6.92 Å². The van der Waals surface area contributed by atoms with Crippen molar-refractivity contribution in [3.05, 3.63) is 66.6 Å². The minimum atomic E-state index is 0.483. The summed E-state index contributed by atoms with van der Waals surface area (Å²) in [7, 11) is 0. The van der Waals surface area contributed by atoms with Gasteiger partial charge in [0.1, 0.15) is 5.69 Å². The van der Waals surface area contributed by atoms with Gasteiger partial charge in [0, 0.05) is 36.3 Å². The van der Waals surface area contributed by atoms with Crippen LogP contribution < -0.4 is 10.7 Å². The summed E-state index contributed by atoms with van der Waals surface area (Å²) in [5.74, 6) is 0. The molecule has 0 aliphatic carbocycles. The molecule has 126 valence electrons. The summed E-state index contributed by atoms with van der Waals surface area (Å²) in [6, 6.07) is 13.8. The fraction of sp³-hybridized carbons (Fsp3) is 0.111. The largest absolute Gasteiger partial charge is 0.362 e. The lowest BCUT2D eigenvalue weighted by molar-refractivity contribution is 0.884. The molecule has 0 atom stereocenters. The first-order valence-corrected chi connectivity index (χ1v) is 8.31. The van der Waals surface area contributed by atoms with Gasteiger partial charge in [-0.05, 0) is 43.4 Å². The maximum atomic E-state index is 5.11. The van der Waals surface area contributed by atoms with Crippen LogP contribution in [0.15, 0.2) is 66.2 Å². The third-order valence-corrected chi connectivity index (χ3v) is 3.64. The van der Waals surface area contributed by atoms with Gasteiger partial charge in [0.15, 0.2) is 5.11 Å². The first-order valence-electron chi connectivity index (χ1n) is 7.90. The van der Waals surface area contributed by atoms with Gasteiger partial charge in [-0.25, -0.2) is 4.68 Å². The summed E-state index contributed by atoms with van der Waals surface area (Å²) < 4.78 is 1.83. The molecule has 2 N–H and O–H groups in total. The van der Waals surface area contributed by atoms with Crippen molar-refractivity contribution in [3.8, 4) is 16.9 Å². The maximum absolute atomic E-state index is 5.11. The highest BCUT2D eigenvalue weighted by Gasteiger charge is 2.11. The van der Waals surface area contributed by atoms with Gasteiger partial charge in [-0.3, -0.25) is 10.4 Å². The van der Waals surface area contributed by atoms with Gasteiger partial charge in [-0.15, -0.1) is 0 Å². The van der Waals surface area contributed by atoms with E-state index < -0.39 is 0 Å². The van der Waals surface area contributed by atoms with Crippen LogP contribution in [0.4, 0.5) is 0 Å². The van der Waals surface area contributed by atoms with Gasteiger partial charge in [0.2, 0.25) is 0 Å². The van der Waals surface area contributed by atoms with E-state index in [1.807, 2.05) is 60.3 Å². The first-order chi connectivity index (χ1) is 12.3. The molecule has 3 aromatic rings. The van der Waals surface area contributed by atoms with E-state index in [9.17, 15) is 0 Å². The Balaban J connectivity index is 1.93. The van der Waals surface area contributed by atoms with Crippen molar-refractivity contribution in [1.82, 2.24) is 25.5 Å². The first kappa shape index (κ1) is 16.8. The summed E-state index contributed by atoms with van der Waals surface area (Å²) >= 11 is 5.11. The van der Waals surface area contributed by atoms with E-state index in [2.05, 4.69) is 20.8 Å². The second-order valence-electron chi connectivity index (χ2n) is 5.18. The summed E-state index contributed by atoms with van der Waals surface area (Å²) in [6.07, 6.45) is 7.16. The smallest absolute Gasteiger partial charge is 0.186 e. The van der Waals surface area contributed by atoms with Gasteiger partial charge in [-0.1, -0.05) is 18.2 Å². The summed E-state index contributed by atoms with van der Waals surface area (Å²) in [5, 5.41) is 12.4. The third-order valence-electron chi connectivity index (χ3n) is 3.41. The number of thiocarbonyl (C=S) groups is 1. The highest BCUT2D eigenvalue weighted by molar-refractivity contribution is 7.80. The highest BCUT2D eigenvalue weighted by Crippen LogP contribution is 2.21. The zero-order chi connectivity index (χ0) is 17.5. The monoisotopic (exact) mass is 350 g/mol. The van der Waals surface area contributed by atoms with Gasteiger partial charge in [-0.2, -0.15) is 10.2 Å². The Hall–Kier alpha value is -3.06. The number of hydrogen-bond acceptors (Lipinski definition) is 4. The fourth-order valence-electron chi connectivity index (χ4n) is 2.28. The Morgan fingerprint density at radius 2 is 2.08 bits per heavy atom. The zero-order valence-corrected chi connectivity index (χ0v) is 14.6. The van der Waals surface area contributed by atoms with Crippen LogP contribution in [-0.2, 0) is 0 Å². The molecule has 2 aromatic heterocycles. The summed E-state index contributed by atoms with van der Waals surface area (Å²) in [6.45, 7) is 2.72. The van der Waals surface area contributed by atoms with Crippen molar-refractivity contribution >= 4 is 23.5 Å². The van der Waals surface area contributed by atoms with Crippen LogP contribution in [-0.4, -0.2) is 32.6 Å². The van der Waals surface area contributed by atoms with E-state index in [0.29, 0.717) is 5.11 Å². The Morgan fingerprint density at radius 3 is 2.80 bits per heavy atom. The molecular formula is C18H18N6S. The van der Waals surface area contributed by atoms with Crippen LogP contribution in [0.1, 0.15) is 12.5 Å². The second-order valence-corrected chi connectivity index (χ2v) is 5.59. The lowest BCUT2D eigenvalue weighted by Crippen LogP contribution is -2.31. The van der Waals surface area contributed by atoms with E-state index in [4.69, 9.17) is 17.3 Å². The van der Waals surface area contributed by atoms with Gasteiger partial charge < -0.3 is 5.32 Å². The van der Waals surface area contributed by atoms with Crippen LogP contribution in [0.3, 0.4) is 0 Å². The molecule has 0 saturated carbocycles. The normalized spacial score (nSPS) is 10.8. The highest BCUT2D eigenvalue weighted by atomic mass is 32.1. The molecule has 3 rings (SSSR count). The Bertz CT molecular complexity index is 858. The Labute approximate surface area is 151 Å². The molecule has 6 nitrogen and oxygen atoms in total. The van der Waals surface area contributed by atoms with Gasteiger partial charge in [0.25, 0.3) is 0 Å². The van der Waals surface area contributed by atoms with E-state index in [1.165, 1.54) is 0 Å². The topological polar surface area (TPSA) is 67.1 Å². The third kappa shape index (κ3) is 4.27. The van der Waals surface area contributed by atoms with Crippen LogP contribution in [0, 0.1) is 0 Å². The molecule has 1 aromatic carbocycles. The number of aromatic nitrogens is 3. The molecule has 7 heteroatoms. The lowest BCUT2D eigenvalue weighted by Gasteiger charge is -2.02. The second kappa shape index (κ2) is 8.16. The van der Waals surface area contributed by atoms with Crippen molar-refractivity contribution < 1.29 is 0 Å². The zero-order valence-electron chi connectivity index (χ0n) is 13.8. The van der Waals surface area contributed by atoms with Gasteiger partial charge >= 0.3 is 0 Å². The number of hydrogen-bond donors (Lipinski definition) is 2. The molecule has 0 unspecified atom stereocenters. The molecule has 0 bridgehead atoms. The quantitative estimate of drug-likeness (QED) is 0.421. The summed E-state index contributed by atoms with van der Waals surface area (Å²) in [4.78, 5) is 4.18. The fourth-order valence-corrected chi connectivity index (χ4v) is 2.48. The summed E-state index contributed by atoms with van der Waals surface area (Å²) in [5.41, 5.74) is 6.36. The van der Waals surface area contributed by atoms with Crippen molar-refractivity contribution in [1.29, 1.82) is 0 Å². The number of benzene rings is 1. The molecular weight excluding hydrogens is 332 g/mol. The average Bonchev–Trinajstić information content (AvgIpc) is 3.08. The number of para-hydroxylation sites is 1. The Kier molecular flexibility index (Phi) is 5.48. The van der Waals surface area contributed by atoms with Crippen LogP contribution >= 0.6 is 12.2 Å². The van der Waals surface area contributed by atoms with E-state index in [0.717, 1.165) is 29.1 Å². The average molecular weight is 350 g/mol.